The Hall–Kier alpha value is -2.36. The van der Waals surface area contributed by atoms with E-state index in [1.54, 1.807) is 0 Å². The fourth-order valence-corrected chi connectivity index (χ4v) is 2.52. The first-order valence-corrected chi connectivity index (χ1v) is 6.94. The van der Waals surface area contributed by atoms with Crippen molar-refractivity contribution in [1.82, 2.24) is 9.97 Å². The van der Waals surface area contributed by atoms with Gasteiger partial charge in [0.1, 0.15) is 11.3 Å². The fraction of sp³-hybridized carbons (Fsp3) is 0.250. The quantitative estimate of drug-likeness (QED) is 0.713. The summed E-state index contributed by atoms with van der Waals surface area (Å²) in [6, 6.07) is 10.1. The summed E-state index contributed by atoms with van der Waals surface area (Å²) in [5.41, 5.74) is 14.7. The van der Waals surface area contributed by atoms with Gasteiger partial charge in [-0.05, 0) is 30.5 Å². The number of nitrogens with zero attached hydrogens (tertiary/aromatic N) is 2. The van der Waals surface area contributed by atoms with E-state index in [0.717, 1.165) is 41.1 Å². The molecule has 1 aromatic carbocycles. The molecule has 0 unspecified atom stereocenters. The van der Waals surface area contributed by atoms with Crippen LogP contribution in [-0.2, 0) is 6.42 Å². The summed E-state index contributed by atoms with van der Waals surface area (Å²) >= 11 is 0. The number of hydrogen-bond donors (Lipinski definition) is 2. The zero-order valence-corrected chi connectivity index (χ0v) is 11.6. The number of para-hydroxylation sites is 1. The van der Waals surface area contributed by atoms with E-state index in [9.17, 15) is 0 Å². The third kappa shape index (κ3) is 2.03. The van der Waals surface area contributed by atoms with E-state index in [2.05, 4.69) is 23.0 Å². The Bertz CT molecular complexity index is 780. The van der Waals surface area contributed by atoms with Crippen molar-refractivity contribution in [2.24, 2.45) is 0 Å². The van der Waals surface area contributed by atoms with Crippen LogP contribution in [0.2, 0.25) is 0 Å². The Morgan fingerprint density at radius 2 is 1.80 bits per heavy atom. The van der Waals surface area contributed by atoms with Gasteiger partial charge in [-0.15, -0.1) is 0 Å². The van der Waals surface area contributed by atoms with Crippen LogP contribution in [0.4, 0.5) is 11.6 Å². The highest BCUT2D eigenvalue weighted by Crippen LogP contribution is 2.29. The topological polar surface area (TPSA) is 77.8 Å². The highest BCUT2D eigenvalue weighted by molar-refractivity contribution is 6.08. The molecular weight excluding hydrogens is 248 g/mol. The third-order valence-electron chi connectivity index (χ3n) is 3.61. The lowest BCUT2D eigenvalue weighted by Gasteiger charge is -2.10. The summed E-state index contributed by atoms with van der Waals surface area (Å²) in [5.74, 6) is 1.00. The van der Waals surface area contributed by atoms with E-state index in [0.29, 0.717) is 17.2 Å². The van der Waals surface area contributed by atoms with Crippen LogP contribution in [0, 0.1) is 0 Å². The molecule has 0 atom stereocenters. The third-order valence-corrected chi connectivity index (χ3v) is 3.61. The van der Waals surface area contributed by atoms with Gasteiger partial charge in [0, 0.05) is 10.8 Å². The minimum atomic E-state index is 0.437. The lowest BCUT2D eigenvalue weighted by atomic mass is 10.0. The molecule has 0 amide bonds. The van der Waals surface area contributed by atoms with Crippen molar-refractivity contribution in [1.29, 1.82) is 0 Å². The molecule has 0 saturated carbocycles. The number of unbranched alkanes of at least 4 members (excludes halogenated alkanes) is 1. The molecule has 0 aliphatic heterocycles. The van der Waals surface area contributed by atoms with Crippen molar-refractivity contribution in [3.8, 4) is 0 Å². The van der Waals surface area contributed by atoms with Crippen LogP contribution in [0.5, 0.6) is 0 Å². The summed E-state index contributed by atoms with van der Waals surface area (Å²) < 4.78 is 0. The van der Waals surface area contributed by atoms with Gasteiger partial charge in [0.15, 0.2) is 5.82 Å². The molecule has 4 N–H and O–H groups in total. The zero-order valence-electron chi connectivity index (χ0n) is 11.6. The molecule has 3 aromatic rings. The molecule has 4 heteroatoms. The number of anilines is 2. The van der Waals surface area contributed by atoms with Crippen molar-refractivity contribution in [3.63, 3.8) is 0 Å². The number of nitrogens with two attached hydrogens (primary N) is 2. The molecule has 20 heavy (non-hydrogen) atoms. The summed E-state index contributed by atoms with van der Waals surface area (Å²) in [7, 11) is 0. The molecule has 0 spiro atoms. The minimum absolute atomic E-state index is 0.437. The molecule has 0 fully saturated rings. The van der Waals surface area contributed by atoms with Crippen LogP contribution in [0.25, 0.3) is 21.8 Å². The van der Waals surface area contributed by atoms with E-state index in [1.807, 2.05) is 24.3 Å². The Kier molecular flexibility index (Phi) is 3.14. The molecule has 0 saturated heterocycles. The maximum absolute atomic E-state index is 6.05. The lowest BCUT2D eigenvalue weighted by molar-refractivity contribution is 0.795. The zero-order chi connectivity index (χ0) is 14.1. The second kappa shape index (κ2) is 4.96. The van der Waals surface area contributed by atoms with Crippen LogP contribution in [-0.4, -0.2) is 9.97 Å². The van der Waals surface area contributed by atoms with E-state index in [4.69, 9.17) is 11.5 Å². The molecule has 0 bridgehead atoms. The maximum Gasteiger partial charge on any atom is 0.150 e. The number of fused-ring (bicyclic) bond motifs is 3. The second-order valence-corrected chi connectivity index (χ2v) is 5.05. The number of aromatic nitrogens is 2. The number of rotatable bonds is 3. The van der Waals surface area contributed by atoms with Crippen LogP contribution in [0.1, 0.15) is 25.3 Å². The van der Waals surface area contributed by atoms with Gasteiger partial charge in [-0.3, -0.25) is 0 Å². The molecule has 0 aliphatic carbocycles. The molecule has 102 valence electrons. The predicted molar refractivity (Wildman–Crippen MR) is 84.5 cm³/mol. The molecule has 0 radical (unpaired) electrons. The summed E-state index contributed by atoms with van der Waals surface area (Å²) in [4.78, 5) is 8.86. The molecule has 2 aromatic heterocycles. The van der Waals surface area contributed by atoms with Crippen molar-refractivity contribution in [3.05, 3.63) is 35.9 Å². The standard InChI is InChI=1S/C16H18N4/c1-2-3-6-10-9-12-11-7-4-5-8-13(11)19-16(18)14(12)20-15(10)17/h4-5,7-9H,2-3,6H2,1H3,(H2,17,20)(H2,18,19). The van der Waals surface area contributed by atoms with Gasteiger partial charge in [0.05, 0.1) is 5.52 Å². The monoisotopic (exact) mass is 266 g/mol. The highest BCUT2D eigenvalue weighted by atomic mass is 14.9. The predicted octanol–water partition coefficient (Wildman–Crippen LogP) is 3.29. The first kappa shape index (κ1) is 12.7. The minimum Gasteiger partial charge on any atom is -0.383 e. The van der Waals surface area contributed by atoms with Gasteiger partial charge in [-0.1, -0.05) is 31.5 Å². The number of pyridine rings is 2. The lowest BCUT2D eigenvalue weighted by Crippen LogP contribution is -2.02. The van der Waals surface area contributed by atoms with E-state index < -0.39 is 0 Å². The van der Waals surface area contributed by atoms with Crippen LogP contribution in [0.15, 0.2) is 30.3 Å². The van der Waals surface area contributed by atoms with Gasteiger partial charge in [0.2, 0.25) is 0 Å². The van der Waals surface area contributed by atoms with Crippen molar-refractivity contribution < 1.29 is 0 Å². The number of benzene rings is 1. The van der Waals surface area contributed by atoms with Gasteiger partial charge in [-0.25, -0.2) is 9.97 Å². The second-order valence-electron chi connectivity index (χ2n) is 5.05. The first-order chi connectivity index (χ1) is 9.70. The van der Waals surface area contributed by atoms with Crippen molar-refractivity contribution in [2.75, 3.05) is 11.5 Å². The Morgan fingerprint density at radius 1 is 1.00 bits per heavy atom. The molecule has 0 aliphatic rings. The van der Waals surface area contributed by atoms with Crippen molar-refractivity contribution in [2.45, 2.75) is 26.2 Å². The Morgan fingerprint density at radius 3 is 2.60 bits per heavy atom. The normalized spacial score (nSPS) is 11.2. The van der Waals surface area contributed by atoms with E-state index in [1.165, 1.54) is 0 Å². The number of hydrogen-bond acceptors (Lipinski definition) is 4. The van der Waals surface area contributed by atoms with E-state index in [-0.39, 0.29) is 0 Å². The summed E-state index contributed by atoms with van der Waals surface area (Å²) in [6.07, 6.45) is 3.19. The van der Waals surface area contributed by atoms with Gasteiger partial charge >= 0.3 is 0 Å². The number of aryl methyl sites for hydroxylation is 1. The first-order valence-electron chi connectivity index (χ1n) is 6.94. The van der Waals surface area contributed by atoms with E-state index >= 15 is 0 Å². The smallest absolute Gasteiger partial charge is 0.150 e. The van der Waals surface area contributed by atoms with Gasteiger partial charge in [-0.2, -0.15) is 0 Å². The molecule has 3 rings (SSSR count). The molecular formula is C16H18N4. The van der Waals surface area contributed by atoms with Crippen LogP contribution >= 0.6 is 0 Å². The number of nitrogen functional groups attached to an aromatic ring is 2. The van der Waals surface area contributed by atoms with Crippen molar-refractivity contribution >= 4 is 33.4 Å². The summed E-state index contributed by atoms with van der Waals surface area (Å²) in [6.45, 7) is 2.17. The highest BCUT2D eigenvalue weighted by Gasteiger charge is 2.10. The maximum atomic E-state index is 6.05. The fourth-order valence-electron chi connectivity index (χ4n) is 2.52. The average molecular weight is 266 g/mol. The summed E-state index contributed by atoms with van der Waals surface area (Å²) in [5, 5.41) is 2.11. The van der Waals surface area contributed by atoms with Gasteiger partial charge in [0.25, 0.3) is 0 Å². The Labute approximate surface area is 117 Å². The largest absolute Gasteiger partial charge is 0.383 e. The van der Waals surface area contributed by atoms with Gasteiger partial charge < -0.3 is 11.5 Å². The average Bonchev–Trinajstić information content (AvgIpc) is 2.46. The molecule has 4 nitrogen and oxygen atoms in total. The molecule has 2 heterocycles. The van der Waals surface area contributed by atoms with Crippen LogP contribution < -0.4 is 11.5 Å². The van der Waals surface area contributed by atoms with Crippen LogP contribution in [0.3, 0.4) is 0 Å². The SMILES string of the molecule is CCCCc1cc2c(nc1N)c(N)nc1ccccc12. The Balaban J connectivity index is 2.32.